The van der Waals surface area contributed by atoms with Gasteiger partial charge in [0.15, 0.2) is 0 Å². The van der Waals surface area contributed by atoms with Crippen LogP contribution in [0.4, 0.5) is 13.2 Å². The van der Waals surface area contributed by atoms with Crippen molar-refractivity contribution in [3.63, 3.8) is 0 Å². The highest BCUT2D eigenvalue weighted by Crippen LogP contribution is 2.35. The SMILES string of the molecule is CC(C)(C)N1CC=CC1.CC(C)(C)N1CCC(F)C1.CC(C)(C)N1CCC1.CC(C)(C)N1CCCC(=O)C1.CC(C)(C)N1CCCC(O)C1.CC(C)(C)N1CCCC1.CC(C)(C)N1CCCC1CO.CC1(F)CCN(C(C)(C)C)C1.CC1(F)CCN(C(C)(C)C)CC1.CC1(O)CN(C(C)(C)C)C1.CC1CCN(C(C)(C)C)C1.CC1CN(C(C)(C)C)C1.CC1CN(C(C)(C)C)C1. The van der Waals surface area contributed by atoms with Crippen molar-refractivity contribution in [2.75, 3.05) is 170 Å². The molecule has 12 fully saturated rings. The second kappa shape index (κ2) is 52.9. The number of rotatable bonds is 1. The molecule has 0 aromatic heterocycles. The Hall–Kier alpha value is -1.44. The minimum atomic E-state index is -0.951. The molecule has 0 radical (unpaired) electrons. The molecule has 13 aliphatic rings. The van der Waals surface area contributed by atoms with E-state index in [0.717, 1.165) is 135 Å². The number of halogens is 3. The molecule has 5 unspecified atom stereocenters. The van der Waals surface area contributed by atoms with Crippen molar-refractivity contribution in [2.24, 2.45) is 17.8 Å². The van der Waals surface area contributed by atoms with Crippen molar-refractivity contribution in [1.82, 2.24) is 63.7 Å². The summed E-state index contributed by atoms with van der Waals surface area (Å²) in [5.74, 6) is 3.18. The second-order valence-electron chi connectivity index (χ2n) is 55.1. The maximum Gasteiger partial charge on any atom is 0.146 e. The summed E-state index contributed by atoms with van der Waals surface area (Å²) in [4.78, 5) is 42.2. The Kier molecular flexibility index (Phi) is 51.5. The third-order valence-corrected chi connectivity index (χ3v) is 28.2. The molecule has 17 nitrogen and oxygen atoms in total. The molecule has 0 amide bonds. The molecule has 12 saturated heterocycles. The molecule has 3 N–H and O–H groups in total. The van der Waals surface area contributed by atoms with Gasteiger partial charge in [-0.3, -0.25) is 68.5 Å². The summed E-state index contributed by atoms with van der Waals surface area (Å²) in [6.45, 7) is 126. The zero-order valence-electron chi connectivity index (χ0n) is 95.1. The normalized spacial score (nSPS) is 26.3. The number of carbonyl (C=O) groups is 1. The van der Waals surface area contributed by atoms with Gasteiger partial charge in [0.05, 0.1) is 24.9 Å². The summed E-state index contributed by atoms with van der Waals surface area (Å²) in [6, 6.07) is 0.412. The molecule has 0 saturated carbocycles. The highest BCUT2D eigenvalue weighted by molar-refractivity contribution is 5.81. The molecular weight excluding hydrogens is 1620 g/mol. The average molecular weight is 1850 g/mol. The molecule has 13 aliphatic heterocycles. The van der Waals surface area contributed by atoms with E-state index in [1.54, 1.807) is 13.8 Å². The van der Waals surface area contributed by atoms with Crippen LogP contribution in [0.3, 0.4) is 0 Å². The fraction of sp³-hybridized carbons (Fsp3) is 0.973. The summed E-state index contributed by atoms with van der Waals surface area (Å²) >= 11 is 0. The number of aliphatic hydroxyl groups excluding tert-OH is 2. The smallest absolute Gasteiger partial charge is 0.146 e. The summed E-state index contributed by atoms with van der Waals surface area (Å²) in [7, 11) is 0. The van der Waals surface area contributed by atoms with Crippen LogP contribution in [0.25, 0.3) is 0 Å². The number of carbonyl (C=O) groups excluding carboxylic acids is 1. The Labute approximate surface area is 807 Å². The van der Waals surface area contributed by atoms with Gasteiger partial charge < -0.3 is 15.3 Å². The Bertz CT molecular complexity index is 2960. The van der Waals surface area contributed by atoms with E-state index in [1.807, 2.05) is 6.92 Å². The minimum absolute atomic E-state index is 0.0945. The molecule has 0 aliphatic carbocycles. The molecule has 0 aromatic carbocycles. The van der Waals surface area contributed by atoms with Crippen LogP contribution in [0.15, 0.2) is 12.2 Å². The lowest BCUT2D eigenvalue weighted by Gasteiger charge is -2.51. The number of nitrogens with zero attached hydrogens (tertiary/aromatic N) is 13. The third kappa shape index (κ3) is 52.2. The van der Waals surface area contributed by atoms with Crippen LogP contribution in [0.2, 0.25) is 0 Å². The zero-order chi connectivity index (χ0) is 101. The molecule has 20 heteroatoms. The van der Waals surface area contributed by atoms with Gasteiger partial charge in [0, 0.05) is 189 Å². The topological polar surface area (TPSA) is 120 Å². The maximum atomic E-state index is 13.4. The number of ketones is 1. The predicted molar refractivity (Wildman–Crippen MR) is 560 cm³/mol. The van der Waals surface area contributed by atoms with Crippen LogP contribution < -0.4 is 0 Å². The largest absolute Gasteiger partial charge is 0.395 e. The van der Waals surface area contributed by atoms with Gasteiger partial charge in [-0.1, -0.05) is 32.9 Å². The molecule has 776 valence electrons. The van der Waals surface area contributed by atoms with Crippen LogP contribution in [-0.4, -0.2) is 362 Å². The van der Waals surface area contributed by atoms with Crippen molar-refractivity contribution >= 4 is 5.78 Å². The Balaban J connectivity index is 0.000000705. The Morgan fingerprint density at radius 2 is 0.646 bits per heavy atom. The first-order valence-corrected chi connectivity index (χ1v) is 52.3. The van der Waals surface area contributed by atoms with E-state index < -0.39 is 23.1 Å². The number of piperidine rings is 3. The highest BCUT2D eigenvalue weighted by atomic mass is 19.1. The average Bonchev–Trinajstić information content (AvgIpc) is 1.04. The summed E-state index contributed by atoms with van der Waals surface area (Å²) in [5, 5.41) is 27.9. The van der Waals surface area contributed by atoms with Gasteiger partial charge in [0.2, 0.25) is 0 Å². The molecule has 0 aromatic rings. The molecule has 130 heavy (non-hydrogen) atoms. The quantitative estimate of drug-likeness (QED) is 0.216. The number of hydrogen-bond acceptors (Lipinski definition) is 17. The van der Waals surface area contributed by atoms with E-state index >= 15 is 0 Å². The molecule has 0 spiro atoms. The van der Waals surface area contributed by atoms with E-state index in [9.17, 15) is 28.2 Å². The standard InChI is InChI=1S/C10H20FN.C9H18FN.2C9H19NO.C9H17NO.C9H19N.C8H16FN.C8H17NO.3C8H17N.C8H15N.C7H15N/c1-9(2,3)12-7-5-10(4,11)6-8-12;1-8(2,3)11-6-5-9(4,10)7-11;1-9(2,3)10-6-4-5-8(10)7-11;2*1-9(2,3)10-6-4-5-8(11)7-10;1-8-5-6-10(7-8)9(2,3)4;1-8(2,3)10-5-4-7(9)6-10;1-7(2,3)9-5-8(4,10)6-9;2*1-7-5-9(6-7)8(2,3)4;2*1-8(2,3)9-6-4-5-7-9;1-7(2,3)8-5-4-6-8/h5-8H2,1-4H3;5-7H2,1-4H3;2*8,11H,4-7H2,1-3H3;4-7H2,1-3H3;8H,5-7H2,1-4H3;7H,4-6H2,1-3H3;10H,5-6H2,1-4H3;2*7H,5-6H2,1-4H3;4-7H2,1-3H3;4-5H,6-7H2,1-3H3;4-6H2,1-3H3. The van der Waals surface area contributed by atoms with Crippen molar-refractivity contribution < 1.29 is 33.3 Å². The predicted octanol–water partition coefficient (Wildman–Crippen LogP) is 22.1. The van der Waals surface area contributed by atoms with Gasteiger partial charge in [0.1, 0.15) is 23.3 Å². The fourth-order valence-corrected chi connectivity index (χ4v) is 18.0. The van der Waals surface area contributed by atoms with Gasteiger partial charge in [-0.25, -0.2) is 13.2 Å². The van der Waals surface area contributed by atoms with E-state index in [1.165, 1.54) is 97.6 Å². The minimum Gasteiger partial charge on any atom is -0.395 e. The lowest BCUT2D eigenvalue weighted by atomic mass is 9.90. The number of hydrogen-bond donors (Lipinski definition) is 3. The van der Waals surface area contributed by atoms with E-state index in [4.69, 9.17) is 5.11 Å². The first-order valence-electron chi connectivity index (χ1n) is 52.3. The number of β-amino-alcohol motifs (C(OH)–C–C–N with tert-alkyl or cyclic N) is 2. The Morgan fingerprint density at radius 1 is 0.323 bits per heavy atom. The van der Waals surface area contributed by atoms with Crippen molar-refractivity contribution in [3.8, 4) is 0 Å². The van der Waals surface area contributed by atoms with Gasteiger partial charge >= 0.3 is 0 Å². The first-order chi connectivity index (χ1) is 58.3. The number of alkyl halides is 3. The summed E-state index contributed by atoms with van der Waals surface area (Å²) in [6.07, 6.45) is 18.5. The van der Waals surface area contributed by atoms with Crippen LogP contribution in [0, 0.1) is 17.8 Å². The van der Waals surface area contributed by atoms with E-state index in [-0.39, 0.29) is 44.9 Å². The lowest BCUT2D eigenvalue weighted by molar-refractivity contribution is -0.123. The summed E-state index contributed by atoms with van der Waals surface area (Å²) < 4.78 is 39.4. The van der Waals surface area contributed by atoms with E-state index in [0.29, 0.717) is 90.6 Å². The van der Waals surface area contributed by atoms with Gasteiger partial charge in [0.25, 0.3) is 0 Å². The second-order valence-corrected chi connectivity index (χ2v) is 55.1. The van der Waals surface area contributed by atoms with E-state index in [2.05, 4.69) is 367 Å². The molecule has 13 heterocycles. The monoisotopic (exact) mass is 1850 g/mol. The lowest BCUT2D eigenvalue weighted by Crippen LogP contribution is -2.65. The fourth-order valence-electron chi connectivity index (χ4n) is 18.0. The first kappa shape index (κ1) is 127. The van der Waals surface area contributed by atoms with Crippen molar-refractivity contribution in [3.05, 3.63) is 12.2 Å². The maximum absolute atomic E-state index is 13.4. The van der Waals surface area contributed by atoms with Gasteiger partial charge in [-0.15, -0.1) is 0 Å². The van der Waals surface area contributed by atoms with Crippen molar-refractivity contribution in [1.29, 1.82) is 0 Å². The van der Waals surface area contributed by atoms with Crippen LogP contribution in [-0.2, 0) is 4.79 Å². The number of Topliss-reactive ketones (excluding diaryl/α,β-unsaturated/α-hetero) is 1. The third-order valence-electron chi connectivity index (χ3n) is 28.2. The zero-order valence-corrected chi connectivity index (χ0v) is 95.1. The molecule has 0 bridgehead atoms. The summed E-state index contributed by atoms with van der Waals surface area (Å²) in [5.41, 5.74) is 1.44. The molecule has 13 rings (SSSR count). The van der Waals surface area contributed by atoms with Crippen LogP contribution >= 0.6 is 0 Å². The van der Waals surface area contributed by atoms with Crippen LogP contribution in [0.5, 0.6) is 0 Å². The molecular formula is C110H226F3N13O4. The van der Waals surface area contributed by atoms with Crippen LogP contribution in [0.1, 0.15) is 401 Å². The number of aliphatic hydroxyl groups is 3. The molecule has 5 atom stereocenters. The Morgan fingerprint density at radius 3 is 0.862 bits per heavy atom. The van der Waals surface area contributed by atoms with Gasteiger partial charge in [-0.2, -0.15) is 0 Å². The highest BCUT2D eigenvalue weighted by Gasteiger charge is 2.43. The van der Waals surface area contributed by atoms with Gasteiger partial charge in [-0.05, 0) is 444 Å². The van der Waals surface area contributed by atoms with Crippen molar-refractivity contribution in [2.45, 2.75) is 509 Å². The number of likely N-dealkylation sites (tertiary alicyclic amines) is 12.